The molecule has 0 aromatic heterocycles. The Bertz CT molecular complexity index is 1560. The summed E-state index contributed by atoms with van der Waals surface area (Å²) in [6.45, 7) is 2.45. The van der Waals surface area contributed by atoms with Gasteiger partial charge in [0.2, 0.25) is 28.6 Å². The zero-order valence-corrected chi connectivity index (χ0v) is 26.2. The number of carbonyl (C=O) groups is 2. The van der Waals surface area contributed by atoms with Gasteiger partial charge in [0.1, 0.15) is 6.04 Å². The van der Waals surface area contributed by atoms with Gasteiger partial charge in [0.15, 0.2) is 11.5 Å². The van der Waals surface area contributed by atoms with Crippen molar-refractivity contribution in [1.29, 1.82) is 0 Å². The second kappa shape index (κ2) is 14.2. The van der Waals surface area contributed by atoms with E-state index in [2.05, 4.69) is 5.32 Å². The quantitative estimate of drug-likeness (QED) is 0.290. The van der Waals surface area contributed by atoms with Crippen molar-refractivity contribution in [2.75, 3.05) is 23.9 Å². The summed E-state index contributed by atoms with van der Waals surface area (Å²) in [5, 5.41) is 3.23. The van der Waals surface area contributed by atoms with Crippen molar-refractivity contribution < 1.29 is 27.5 Å². The Kier molecular flexibility index (Phi) is 10.1. The first kappa shape index (κ1) is 31.4. The summed E-state index contributed by atoms with van der Waals surface area (Å²) >= 11 is 0. The van der Waals surface area contributed by atoms with Gasteiger partial charge in [-0.25, -0.2) is 8.42 Å². The monoisotopic (exact) mass is 619 g/mol. The van der Waals surface area contributed by atoms with Gasteiger partial charge < -0.3 is 19.7 Å². The van der Waals surface area contributed by atoms with Crippen molar-refractivity contribution in [2.24, 2.45) is 0 Å². The summed E-state index contributed by atoms with van der Waals surface area (Å²) in [5.41, 5.74) is 3.41. The fourth-order valence-corrected chi connectivity index (χ4v) is 6.93. The van der Waals surface area contributed by atoms with Crippen LogP contribution in [0.1, 0.15) is 55.2 Å². The minimum absolute atomic E-state index is 0.0738. The fraction of sp³-hybridized carbons (Fsp3) is 0.412. The van der Waals surface area contributed by atoms with Crippen LogP contribution >= 0.6 is 0 Å². The van der Waals surface area contributed by atoms with Crippen LogP contribution in [0.2, 0.25) is 0 Å². The third kappa shape index (κ3) is 8.11. The normalized spacial score (nSPS) is 15.1. The average Bonchev–Trinajstić information content (AvgIpc) is 3.69. The Labute approximate surface area is 260 Å². The van der Waals surface area contributed by atoms with Crippen molar-refractivity contribution in [1.82, 2.24) is 10.2 Å². The van der Waals surface area contributed by atoms with Crippen LogP contribution in [-0.2, 0) is 32.6 Å². The lowest BCUT2D eigenvalue weighted by atomic mass is 10.0. The van der Waals surface area contributed by atoms with Gasteiger partial charge in [-0.2, -0.15) is 0 Å². The zero-order valence-electron chi connectivity index (χ0n) is 25.4. The van der Waals surface area contributed by atoms with E-state index in [1.165, 1.54) is 4.31 Å². The minimum atomic E-state index is -3.64. The molecule has 2 amide bonds. The van der Waals surface area contributed by atoms with Gasteiger partial charge in [0, 0.05) is 38.0 Å². The molecule has 5 rings (SSSR count). The number of rotatable bonds is 13. The molecule has 10 heteroatoms. The molecular weight excluding hydrogens is 578 g/mol. The maximum atomic E-state index is 14.1. The number of aryl methyl sites for hydroxylation is 1. The van der Waals surface area contributed by atoms with Gasteiger partial charge in [0.05, 0.1) is 11.9 Å². The summed E-state index contributed by atoms with van der Waals surface area (Å²) in [4.78, 5) is 29.6. The third-order valence-electron chi connectivity index (χ3n) is 8.20. The highest BCUT2D eigenvalue weighted by atomic mass is 32.2. The standard InChI is InChI=1S/C34H41N3O6S/c1-25-10-8-13-27(20-25)23-36(30(21-26-11-4-3-5-12-26)34(39)35-28-14-6-7-15-28)33(38)16-9-19-37(44(2,40)41)29-17-18-31-32(22-29)43-24-42-31/h3-5,8,10-13,17-18,20,22,28,30H,6-7,9,14-16,19,21,23-24H2,1-2H3,(H,35,39)/t30-/m1/s1. The van der Waals surface area contributed by atoms with Crippen molar-refractivity contribution in [2.45, 2.75) is 70.5 Å². The highest BCUT2D eigenvalue weighted by molar-refractivity contribution is 7.92. The van der Waals surface area contributed by atoms with Crippen LogP contribution in [0.25, 0.3) is 0 Å². The molecule has 1 atom stereocenters. The Morgan fingerprint density at radius 3 is 2.39 bits per heavy atom. The number of benzene rings is 3. The Morgan fingerprint density at radius 2 is 1.66 bits per heavy atom. The van der Waals surface area contributed by atoms with Gasteiger partial charge in [0.25, 0.3) is 0 Å². The van der Waals surface area contributed by atoms with Gasteiger partial charge in [-0.15, -0.1) is 0 Å². The van der Waals surface area contributed by atoms with E-state index < -0.39 is 16.1 Å². The van der Waals surface area contributed by atoms with Crippen LogP contribution in [0.15, 0.2) is 72.8 Å². The number of ether oxygens (including phenoxy) is 2. The Balaban J connectivity index is 1.38. The van der Waals surface area contributed by atoms with E-state index >= 15 is 0 Å². The summed E-state index contributed by atoms with van der Waals surface area (Å²) < 4.78 is 37.7. The highest BCUT2D eigenvalue weighted by Crippen LogP contribution is 2.36. The number of fused-ring (bicyclic) bond motifs is 1. The van der Waals surface area contributed by atoms with E-state index in [0.29, 0.717) is 23.6 Å². The zero-order chi connectivity index (χ0) is 31.1. The van der Waals surface area contributed by atoms with Gasteiger partial charge in [-0.1, -0.05) is 73.0 Å². The molecule has 9 nitrogen and oxygen atoms in total. The van der Waals surface area contributed by atoms with Crippen LogP contribution in [0.3, 0.4) is 0 Å². The molecule has 0 bridgehead atoms. The molecule has 0 saturated heterocycles. The molecule has 234 valence electrons. The summed E-state index contributed by atoms with van der Waals surface area (Å²) in [6.07, 6.45) is 5.92. The smallest absolute Gasteiger partial charge is 0.243 e. The molecule has 0 unspecified atom stereocenters. The molecule has 0 spiro atoms. The van der Waals surface area contributed by atoms with E-state index in [4.69, 9.17) is 9.47 Å². The largest absolute Gasteiger partial charge is 0.454 e. The van der Waals surface area contributed by atoms with Crippen LogP contribution in [-0.4, -0.2) is 56.8 Å². The summed E-state index contributed by atoms with van der Waals surface area (Å²) in [6, 6.07) is 22.1. The molecule has 1 aliphatic heterocycles. The van der Waals surface area contributed by atoms with E-state index in [-0.39, 0.29) is 50.6 Å². The number of amides is 2. The number of nitrogens with zero attached hydrogens (tertiary/aromatic N) is 2. The molecule has 3 aromatic rings. The van der Waals surface area contributed by atoms with Gasteiger partial charge in [-0.05, 0) is 49.4 Å². The van der Waals surface area contributed by atoms with Gasteiger partial charge in [-0.3, -0.25) is 13.9 Å². The molecule has 44 heavy (non-hydrogen) atoms. The van der Waals surface area contributed by atoms with E-state index in [1.807, 2.05) is 61.5 Å². The summed E-state index contributed by atoms with van der Waals surface area (Å²) in [7, 11) is -3.64. The number of sulfonamides is 1. The topological polar surface area (TPSA) is 105 Å². The van der Waals surface area contributed by atoms with Crippen LogP contribution < -0.4 is 19.1 Å². The first-order valence-corrected chi connectivity index (χ1v) is 17.1. The van der Waals surface area contributed by atoms with Crippen LogP contribution in [0.4, 0.5) is 5.69 Å². The number of nitrogens with one attached hydrogen (secondary N) is 1. The highest BCUT2D eigenvalue weighted by Gasteiger charge is 2.32. The van der Waals surface area contributed by atoms with E-state index in [9.17, 15) is 18.0 Å². The molecule has 2 aliphatic rings. The number of anilines is 1. The van der Waals surface area contributed by atoms with Crippen molar-refractivity contribution in [3.63, 3.8) is 0 Å². The lowest BCUT2D eigenvalue weighted by Crippen LogP contribution is -2.52. The van der Waals surface area contributed by atoms with E-state index in [0.717, 1.165) is 48.6 Å². The number of carbonyl (C=O) groups excluding carboxylic acids is 2. The van der Waals surface area contributed by atoms with Crippen molar-refractivity contribution >= 4 is 27.5 Å². The van der Waals surface area contributed by atoms with E-state index in [1.54, 1.807) is 23.1 Å². The second-order valence-electron chi connectivity index (χ2n) is 11.7. The number of hydrogen-bond donors (Lipinski definition) is 1. The van der Waals surface area contributed by atoms with Crippen molar-refractivity contribution in [3.05, 3.63) is 89.5 Å². The fourth-order valence-electron chi connectivity index (χ4n) is 5.97. The molecule has 1 aliphatic carbocycles. The van der Waals surface area contributed by atoms with Crippen LogP contribution in [0, 0.1) is 6.92 Å². The minimum Gasteiger partial charge on any atom is -0.454 e. The first-order chi connectivity index (χ1) is 21.2. The Morgan fingerprint density at radius 1 is 0.932 bits per heavy atom. The second-order valence-corrected chi connectivity index (χ2v) is 13.6. The number of hydrogen-bond acceptors (Lipinski definition) is 6. The molecule has 1 N–H and O–H groups in total. The van der Waals surface area contributed by atoms with Crippen LogP contribution in [0.5, 0.6) is 11.5 Å². The molecule has 0 radical (unpaired) electrons. The maximum Gasteiger partial charge on any atom is 0.243 e. The third-order valence-corrected chi connectivity index (χ3v) is 9.40. The van der Waals surface area contributed by atoms with Crippen molar-refractivity contribution in [3.8, 4) is 11.5 Å². The predicted molar refractivity (Wildman–Crippen MR) is 170 cm³/mol. The lowest BCUT2D eigenvalue weighted by Gasteiger charge is -2.33. The average molecular weight is 620 g/mol. The Hall–Kier alpha value is -4.05. The SMILES string of the molecule is Cc1cccc(CN(C(=O)CCCN(c2ccc3c(c2)OCO3)S(C)(=O)=O)[C@H](Cc2ccccc2)C(=O)NC2CCCC2)c1. The first-order valence-electron chi connectivity index (χ1n) is 15.2. The maximum absolute atomic E-state index is 14.1. The molecule has 1 saturated carbocycles. The predicted octanol–water partition coefficient (Wildman–Crippen LogP) is 4.97. The summed E-state index contributed by atoms with van der Waals surface area (Å²) in [5.74, 6) is 0.686. The lowest BCUT2D eigenvalue weighted by molar-refractivity contribution is -0.141. The molecule has 1 heterocycles. The van der Waals surface area contributed by atoms with Gasteiger partial charge >= 0.3 is 0 Å². The molecular formula is C34H41N3O6S. The molecule has 3 aromatic carbocycles. The molecule has 1 fully saturated rings.